The van der Waals surface area contributed by atoms with Crippen molar-refractivity contribution in [2.24, 2.45) is 4.99 Å². The topological polar surface area (TPSA) is 43.6 Å². The fourth-order valence-electron chi connectivity index (χ4n) is 5.05. The molecule has 1 aliphatic heterocycles. The number of hydrogen-bond donors (Lipinski definition) is 0. The molecule has 1 atom stereocenters. The lowest BCUT2D eigenvalue weighted by molar-refractivity contribution is 0.411. The zero-order chi connectivity index (χ0) is 24.1. The third kappa shape index (κ3) is 3.65. The summed E-state index contributed by atoms with van der Waals surface area (Å²) in [7, 11) is 1.64. The maximum absolute atomic E-state index is 13.8. The molecule has 0 bridgehead atoms. The second kappa shape index (κ2) is 8.47. The Kier molecular flexibility index (Phi) is 5.26. The number of hydrogen-bond acceptors (Lipinski definition) is 4. The summed E-state index contributed by atoms with van der Waals surface area (Å²) in [6, 6.07) is 20.4. The van der Waals surface area contributed by atoms with E-state index in [0.717, 1.165) is 52.1 Å². The number of nitrogens with zero attached hydrogens (tertiary/aromatic N) is 2. The Morgan fingerprint density at radius 1 is 1.09 bits per heavy atom. The van der Waals surface area contributed by atoms with Gasteiger partial charge in [0.25, 0.3) is 5.56 Å². The van der Waals surface area contributed by atoms with Crippen LogP contribution in [0.2, 0.25) is 0 Å². The minimum Gasteiger partial charge on any atom is -0.496 e. The normalized spacial score (nSPS) is 16.9. The van der Waals surface area contributed by atoms with Crippen molar-refractivity contribution in [3.8, 4) is 5.75 Å². The summed E-state index contributed by atoms with van der Waals surface area (Å²) in [5.41, 5.74) is 7.14. The molecule has 0 saturated carbocycles. The first-order valence-corrected chi connectivity index (χ1v) is 12.4. The van der Waals surface area contributed by atoms with Gasteiger partial charge in [0.2, 0.25) is 0 Å². The largest absolute Gasteiger partial charge is 0.496 e. The van der Waals surface area contributed by atoms with Crippen LogP contribution in [0.4, 0.5) is 4.39 Å². The molecule has 4 aromatic rings. The molecular weight excluding hydrogens is 459 g/mol. The standard InChI is InChI=1S/C29H23FN2O2S/c1-17-7-8-18(15-24(17)34-2)16-25-28(33)32-27(20-9-12-21(30)13-10-20)23-14-11-19-5-3-4-6-22(19)26(23)31-29(32)35-25/h3-10,12-13,15-16,27H,11,14H2,1-2H3/b25-16+/t27-/m0/s1. The fraction of sp³-hybridized carbons (Fsp3) is 0.172. The molecule has 4 nitrogen and oxygen atoms in total. The van der Waals surface area contributed by atoms with Crippen molar-refractivity contribution in [2.45, 2.75) is 25.8 Å². The minimum atomic E-state index is -0.315. The lowest BCUT2D eigenvalue weighted by atomic mass is 9.83. The van der Waals surface area contributed by atoms with Crippen molar-refractivity contribution in [1.29, 1.82) is 0 Å². The van der Waals surface area contributed by atoms with Gasteiger partial charge in [-0.25, -0.2) is 9.38 Å². The number of benzene rings is 3. The van der Waals surface area contributed by atoms with Crippen molar-refractivity contribution in [2.75, 3.05) is 7.11 Å². The van der Waals surface area contributed by atoms with Crippen LogP contribution >= 0.6 is 11.3 Å². The molecule has 0 radical (unpaired) electrons. The number of rotatable bonds is 3. The van der Waals surface area contributed by atoms with Gasteiger partial charge in [0.15, 0.2) is 4.80 Å². The van der Waals surface area contributed by atoms with Crippen LogP contribution in [0.25, 0.3) is 11.8 Å². The summed E-state index contributed by atoms with van der Waals surface area (Å²) in [5, 5.41) is 0. The minimum absolute atomic E-state index is 0.0898. The Morgan fingerprint density at radius 3 is 2.69 bits per heavy atom. The second-order valence-electron chi connectivity index (χ2n) is 8.89. The zero-order valence-corrected chi connectivity index (χ0v) is 20.2. The third-order valence-corrected chi connectivity index (χ3v) is 7.77. The summed E-state index contributed by atoms with van der Waals surface area (Å²) < 4.78 is 21.6. The lowest BCUT2D eigenvalue weighted by Crippen LogP contribution is -2.38. The van der Waals surface area contributed by atoms with Crippen molar-refractivity contribution >= 4 is 23.1 Å². The summed E-state index contributed by atoms with van der Waals surface area (Å²) in [4.78, 5) is 19.4. The Morgan fingerprint density at radius 2 is 1.89 bits per heavy atom. The predicted octanol–water partition coefficient (Wildman–Crippen LogP) is 4.77. The van der Waals surface area contributed by atoms with Gasteiger partial charge in [0.1, 0.15) is 11.6 Å². The highest BCUT2D eigenvalue weighted by Crippen LogP contribution is 2.41. The van der Waals surface area contributed by atoms with Gasteiger partial charge < -0.3 is 4.74 Å². The van der Waals surface area contributed by atoms with Crippen molar-refractivity contribution < 1.29 is 9.13 Å². The molecule has 35 heavy (non-hydrogen) atoms. The molecule has 0 spiro atoms. The molecule has 1 aromatic heterocycles. The molecule has 2 heterocycles. The Balaban J connectivity index is 1.60. The highest BCUT2D eigenvalue weighted by atomic mass is 32.1. The average Bonchev–Trinajstić information content (AvgIpc) is 3.19. The lowest BCUT2D eigenvalue weighted by Gasteiger charge is -2.30. The van der Waals surface area contributed by atoms with Gasteiger partial charge in [-0.05, 0) is 71.9 Å². The number of thiazole rings is 1. The predicted molar refractivity (Wildman–Crippen MR) is 137 cm³/mol. The Bertz CT molecular complexity index is 1680. The second-order valence-corrected chi connectivity index (χ2v) is 9.90. The molecule has 174 valence electrons. The van der Waals surface area contributed by atoms with Crippen molar-refractivity contribution in [1.82, 2.24) is 4.57 Å². The van der Waals surface area contributed by atoms with Gasteiger partial charge in [-0.15, -0.1) is 0 Å². The van der Waals surface area contributed by atoms with E-state index in [9.17, 15) is 9.18 Å². The number of halogens is 1. The fourth-order valence-corrected chi connectivity index (χ4v) is 6.05. The van der Waals surface area contributed by atoms with Crippen molar-refractivity contribution in [3.05, 3.63) is 126 Å². The summed E-state index contributed by atoms with van der Waals surface area (Å²) >= 11 is 1.39. The molecule has 3 aromatic carbocycles. The number of aryl methyl sites for hydroxylation is 2. The van der Waals surface area contributed by atoms with Crippen LogP contribution in [-0.4, -0.2) is 11.7 Å². The van der Waals surface area contributed by atoms with E-state index in [4.69, 9.17) is 9.73 Å². The van der Waals surface area contributed by atoms with Gasteiger partial charge in [0, 0.05) is 5.56 Å². The number of fused-ring (bicyclic) bond motifs is 3. The molecule has 1 aliphatic carbocycles. The number of allylic oxidation sites excluding steroid dienone is 1. The van der Waals surface area contributed by atoms with Crippen LogP contribution < -0.4 is 19.6 Å². The highest BCUT2D eigenvalue weighted by molar-refractivity contribution is 7.07. The molecule has 6 heteroatoms. The first kappa shape index (κ1) is 21.7. The van der Waals surface area contributed by atoms with Gasteiger partial charge in [-0.3, -0.25) is 9.36 Å². The van der Waals surface area contributed by atoms with Crippen LogP contribution in [0.5, 0.6) is 5.75 Å². The molecule has 0 fully saturated rings. The number of ether oxygens (including phenoxy) is 1. The molecule has 0 saturated heterocycles. The molecule has 6 rings (SSSR count). The number of aromatic nitrogens is 1. The van der Waals surface area contributed by atoms with Gasteiger partial charge in [-0.1, -0.05) is 59.9 Å². The number of methoxy groups -OCH3 is 1. The van der Waals surface area contributed by atoms with E-state index >= 15 is 0 Å². The first-order chi connectivity index (χ1) is 17.0. The summed E-state index contributed by atoms with van der Waals surface area (Å²) in [6.45, 7) is 1.99. The SMILES string of the molecule is COc1cc(/C=c2/sc3n(c2=O)[C@@H](c2ccc(F)cc2)C2=C(N=3)c3ccccc3CC2)ccc1C. The van der Waals surface area contributed by atoms with E-state index in [1.807, 2.05) is 37.3 Å². The highest BCUT2D eigenvalue weighted by Gasteiger charge is 2.32. The molecular formula is C29H23FN2O2S. The van der Waals surface area contributed by atoms with Crippen molar-refractivity contribution in [3.63, 3.8) is 0 Å². The maximum atomic E-state index is 13.8. The van der Waals surface area contributed by atoms with E-state index in [0.29, 0.717) is 9.33 Å². The summed E-state index contributed by atoms with van der Waals surface area (Å²) in [5.74, 6) is 0.487. The van der Waals surface area contributed by atoms with Crippen LogP contribution in [0, 0.1) is 12.7 Å². The zero-order valence-electron chi connectivity index (χ0n) is 19.4. The van der Waals surface area contributed by atoms with Crippen LogP contribution in [0.15, 0.2) is 82.1 Å². The van der Waals surface area contributed by atoms with Gasteiger partial charge in [-0.2, -0.15) is 0 Å². The smallest absolute Gasteiger partial charge is 0.271 e. The van der Waals surface area contributed by atoms with E-state index < -0.39 is 0 Å². The van der Waals surface area contributed by atoms with Crippen LogP contribution in [0.3, 0.4) is 0 Å². The van der Waals surface area contributed by atoms with E-state index in [1.54, 1.807) is 23.8 Å². The Hall–Kier alpha value is -3.77. The molecule has 0 unspecified atom stereocenters. The molecule has 0 amide bonds. The molecule has 2 aliphatic rings. The van der Waals surface area contributed by atoms with Gasteiger partial charge >= 0.3 is 0 Å². The molecule has 0 N–H and O–H groups in total. The van der Waals surface area contributed by atoms with Crippen LogP contribution in [-0.2, 0) is 6.42 Å². The van der Waals surface area contributed by atoms with E-state index in [-0.39, 0.29) is 17.4 Å². The van der Waals surface area contributed by atoms with Gasteiger partial charge in [0.05, 0.1) is 23.4 Å². The third-order valence-electron chi connectivity index (χ3n) is 6.79. The van der Waals surface area contributed by atoms with Crippen LogP contribution in [0.1, 0.15) is 40.3 Å². The van der Waals surface area contributed by atoms with E-state index in [2.05, 4.69) is 18.2 Å². The maximum Gasteiger partial charge on any atom is 0.271 e. The average molecular weight is 483 g/mol. The first-order valence-electron chi connectivity index (χ1n) is 11.6. The monoisotopic (exact) mass is 482 g/mol. The Labute approximate surface area is 206 Å². The van der Waals surface area contributed by atoms with E-state index in [1.165, 1.54) is 29.0 Å². The quantitative estimate of drug-likeness (QED) is 0.422. The summed E-state index contributed by atoms with van der Waals surface area (Å²) in [6.07, 6.45) is 3.58.